The highest BCUT2D eigenvalue weighted by Crippen LogP contribution is 2.38. The predicted molar refractivity (Wildman–Crippen MR) is 108 cm³/mol. The first-order valence-electron chi connectivity index (χ1n) is 9.27. The zero-order valence-electron chi connectivity index (χ0n) is 15.1. The lowest BCUT2D eigenvalue weighted by Gasteiger charge is -2.07. The molecule has 0 atom stereocenters. The topological polar surface area (TPSA) is 42.2 Å². The standard InChI is InChI=1S/C22H24ClNO2/c1-2-3-4-5-10-15-24-22(25)21-20(16-11-6-8-13-18(16)23)17-12-7-9-14-19(17)26-21/h6-9,11-14H,2-5,10,15H2,1H3,(H,24,25). The van der Waals surface area contributed by atoms with E-state index in [1.165, 1.54) is 19.3 Å². The number of unbranched alkanes of at least 4 members (excludes halogenated alkanes) is 4. The molecule has 2 aromatic carbocycles. The molecule has 0 saturated heterocycles. The molecule has 0 aliphatic carbocycles. The molecular formula is C22H24ClNO2. The van der Waals surface area contributed by atoms with Gasteiger partial charge in [-0.25, -0.2) is 0 Å². The Kier molecular flexibility index (Phi) is 6.35. The second-order valence-corrected chi connectivity index (χ2v) is 6.86. The highest BCUT2D eigenvalue weighted by molar-refractivity contribution is 6.34. The maximum Gasteiger partial charge on any atom is 0.287 e. The SMILES string of the molecule is CCCCCCCNC(=O)c1oc2ccccc2c1-c1ccccc1Cl. The van der Waals surface area contributed by atoms with Gasteiger partial charge in [0.1, 0.15) is 5.58 Å². The van der Waals surface area contributed by atoms with Crippen molar-refractivity contribution in [1.29, 1.82) is 0 Å². The number of benzene rings is 2. The van der Waals surface area contributed by atoms with Crippen LogP contribution in [0.5, 0.6) is 0 Å². The Balaban J connectivity index is 1.85. The number of fused-ring (bicyclic) bond motifs is 1. The molecule has 1 amide bonds. The van der Waals surface area contributed by atoms with E-state index >= 15 is 0 Å². The molecule has 0 aliphatic heterocycles. The number of rotatable bonds is 8. The molecule has 0 bridgehead atoms. The summed E-state index contributed by atoms with van der Waals surface area (Å²) in [4.78, 5) is 12.8. The summed E-state index contributed by atoms with van der Waals surface area (Å²) in [6.45, 7) is 2.85. The molecule has 1 heterocycles. The normalized spacial score (nSPS) is 11.0. The Morgan fingerprint density at radius 1 is 1.00 bits per heavy atom. The Bertz CT molecular complexity index is 885. The molecular weight excluding hydrogens is 346 g/mol. The minimum atomic E-state index is -0.188. The molecule has 3 aromatic rings. The molecule has 0 saturated carbocycles. The van der Waals surface area contributed by atoms with Crippen LogP contribution in [0.4, 0.5) is 0 Å². The third-order valence-corrected chi connectivity index (χ3v) is 4.84. The first-order valence-corrected chi connectivity index (χ1v) is 9.64. The number of hydrogen-bond donors (Lipinski definition) is 1. The molecule has 0 unspecified atom stereocenters. The fraction of sp³-hybridized carbons (Fsp3) is 0.318. The van der Waals surface area contributed by atoms with Crippen molar-refractivity contribution in [2.45, 2.75) is 39.0 Å². The van der Waals surface area contributed by atoms with Gasteiger partial charge in [0.2, 0.25) is 5.76 Å². The number of hydrogen-bond acceptors (Lipinski definition) is 2. The quantitative estimate of drug-likeness (QED) is 0.463. The van der Waals surface area contributed by atoms with Gasteiger partial charge in [-0.15, -0.1) is 0 Å². The van der Waals surface area contributed by atoms with Crippen molar-refractivity contribution in [2.75, 3.05) is 6.54 Å². The first kappa shape index (κ1) is 18.5. The van der Waals surface area contributed by atoms with Crippen LogP contribution in [0, 0.1) is 0 Å². The number of nitrogens with one attached hydrogen (secondary N) is 1. The van der Waals surface area contributed by atoms with E-state index in [2.05, 4.69) is 12.2 Å². The zero-order chi connectivity index (χ0) is 18.4. The minimum Gasteiger partial charge on any atom is -0.450 e. The van der Waals surface area contributed by atoms with E-state index in [0.29, 0.717) is 22.9 Å². The molecule has 1 N–H and O–H groups in total. The largest absolute Gasteiger partial charge is 0.450 e. The number of carbonyl (C=O) groups excluding carboxylic acids is 1. The van der Waals surface area contributed by atoms with Gasteiger partial charge in [0.25, 0.3) is 5.91 Å². The van der Waals surface area contributed by atoms with Crippen LogP contribution in [0.1, 0.15) is 49.6 Å². The van der Waals surface area contributed by atoms with Crippen LogP contribution in [0.25, 0.3) is 22.1 Å². The molecule has 1 aromatic heterocycles. The lowest BCUT2D eigenvalue weighted by Crippen LogP contribution is -2.24. The van der Waals surface area contributed by atoms with Crippen molar-refractivity contribution in [3.8, 4) is 11.1 Å². The second-order valence-electron chi connectivity index (χ2n) is 6.45. The van der Waals surface area contributed by atoms with Crippen LogP contribution in [-0.4, -0.2) is 12.5 Å². The lowest BCUT2D eigenvalue weighted by atomic mass is 10.0. The average Bonchev–Trinajstić information content (AvgIpc) is 3.04. The van der Waals surface area contributed by atoms with E-state index in [9.17, 15) is 4.79 Å². The predicted octanol–water partition coefficient (Wildman–Crippen LogP) is 6.45. The van der Waals surface area contributed by atoms with Gasteiger partial charge in [0.15, 0.2) is 0 Å². The van der Waals surface area contributed by atoms with Crippen LogP contribution in [0.15, 0.2) is 52.9 Å². The van der Waals surface area contributed by atoms with E-state index in [1.807, 2.05) is 48.5 Å². The summed E-state index contributed by atoms with van der Waals surface area (Å²) in [5, 5.41) is 4.49. The zero-order valence-corrected chi connectivity index (χ0v) is 15.8. The van der Waals surface area contributed by atoms with E-state index in [0.717, 1.165) is 29.4 Å². The van der Waals surface area contributed by atoms with E-state index in [4.69, 9.17) is 16.0 Å². The molecule has 26 heavy (non-hydrogen) atoms. The van der Waals surface area contributed by atoms with Crippen molar-refractivity contribution in [3.63, 3.8) is 0 Å². The highest BCUT2D eigenvalue weighted by Gasteiger charge is 2.22. The summed E-state index contributed by atoms with van der Waals surface area (Å²) in [6.07, 6.45) is 5.78. The third kappa shape index (κ3) is 4.10. The van der Waals surface area contributed by atoms with Crippen LogP contribution in [-0.2, 0) is 0 Å². The number of para-hydroxylation sites is 1. The summed E-state index contributed by atoms with van der Waals surface area (Å²) in [5.41, 5.74) is 2.26. The monoisotopic (exact) mass is 369 g/mol. The number of furan rings is 1. The average molecular weight is 370 g/mol. The summed E-state index contributed by atoms with van der Waals surface area (Å²) in [5.74, 6) is 0.138. The van der Waals surface area contributed by atoms with Gasteiger partial charge in [-0.1, -0.05) is 80.6 Å². The van der Waals surface area contributed by atoms with Gasteiger partial charge >= 0.3 is 0 Å². The van der Waals surface area contributed by atoms with Crippen LogP contribution < -0.4 is 5.32 Å². The molecule has 0 aliphatic rings. The molecule has 136 valence electrons. The second kappa shape index (κ2) is 8.91. The Morgan fingerprint density at radius 2 is 1.73 bits per heavy atom. The summed E-state index contributed by atoms with van der Waals surface area (Å²) < 4.78 is 5.90. The maximum atomic E-state index is 12.8. The highest BCUT2D eigenvalue weighted by atomic mass is 35.5. The first-order chi connectivity index (χ1) is 12.7. The van der Waals surface area contributed by atoms with E-state index in [-0.39, 0.29) is 5.91 Å². The maximum absolute atomic E-state index is 12.8. The Morgan fingerprint density at radius 3 is 2.54 bits per heavy atom. The smallest absolute Gasteiger partial charge is 0.287 e. The fourth-order valence-electron chi connectivity index (χ4n) is 3.15. The fourth-order valence-corrected chi connectivity index (χ4v) is 3.38. The molecule has 4 heteroatoms. The summed E-state index contributed by atoms with van der Waals surface area (Å²) in [6, 6.07) is 15.2. The molecule has 0 fully saturated rings. The van der Waals surface area contributed by atoms with E-state index < -0.39 is 0 Å². The van der Waals surface area contributed by atoms with Gasteiger partial charge in [-0.2, -0.15) is 0 Å². The van der Waals surface area contributed by atoms with E-state index in [1.54, 1.807) is 0 Å². The minimum absolute atomic E-state index is 0.188. The molecule has 0 radical (unpaired) electrons. The molecule has 3 rings (SSSR count). The van der Waals surface area contributed by atoms with Crippen molar-refractivity contribution in [2.24, 2.45) is 0 Å². The van der Waals surface area contributed by atoms with Crippen molar-refractivity contribution < 1.29 is 9.21 Å². The third-order valence-electron chi connectivity index (χ3n) is 4.51. The van der Waals surface area contributed by atoms with Crippen molar-refractivity contribution >= 4 is 28.5 Å². The van der Waals surface area contributed by atoms with Gasteiger partial charge in [-0.05, 0) is 18.6 Å². The van der Waals surface area contributed by atoms with Crippen LogP contribution >= 0.6 is 11.6 Å². The Labute approximate surface area is 159 Å². The number of carbonyl (C=O) groups is 1. The lowest BCUT2D eigenvalue weighted by molar-refractivity contribution is 0.0928. The van der Waals surface area contributed by atoms with Gasteiger partial charge in [0, 0.05) is 28.1 Å². The molecule has 0 spiro atoms. The summed E-state index contributed by atoms with van der Waals surface area (Å²) in [7, 11) is 0. The summed E-state index contributed by atoms with van der Waals surface area (Å²) >= 11 is 6.39. The Hall–Kier alpha value is -2.26. The van der Waals surface area contributed by atoms with Gasteiger partial charge in [-0.3, -0.25) is 4.79 Å². The van der Waals surface area contributed by atoms with Crippen LogP contribution in [0.3, 0.4) is 0 Å². The van der Waals surface area contributed by atoms with Gasteiger partial charge < -0.3 is 9.73 Å². The van der Waals surface area contributed by atoms with Crippen molar-refractivity contribution in [1.82, 2.24) is 5.32 Å². The van der Waals surface area contributed by atoms with Crippen molar-refractivity contribution in [3.05, 3.63) is 59.3 Å². The van der Waals surface area contributed by atoms with Gasteiger partial charge in [0.05, 0.1) is 0 Å². The number of amides is 1. The van der Waals surface area contributed by atoms with Crippen LogP contribution in [0.2, 0.25) is 5.02 Å². The molecule has 3 nitrogen and oxygen atoms in total. The number of halogens is 1.